The van der Waals surface area contributed by atoms with E-state index >= 15 is 0 Å². The second-order valence-electron chi connectivity index (χ2n) is 6.39. The van der Waals surface area contributed by atoms with E-state index in [-0.39, 0.29) is 22.8 Å². The number of nitrogens with one attached hydrogen (secondary N) is 1. The van der Waals surface area contributed by atoms with Gasteiger partial charge in [-0.1, -0.05) is 42.5 Å². The van der Waals surface area contributed by atoms with E-state index in [0.717, 1.165) is 17.0 Å². The minimum atomic E-state index is -3.76. The highest BCUT2D eigenvalue weighted by Gasteiger charge is 2.20. The Bertz CT molecular complexity index is 1070. The molecule has 0 aliphatic heterocycles. The number of primary sulfonamides is 1. The second kappa shape index (κ2) is 8.44. The van der Waals surface area contributed by atoms with Gasteiger partial charge in [-0.3, -0.25) is 0 Å². The fraction of sp³-hybridized carbons (Fsp3) is 0.263. The Morgan fingerprint density at radius 3 is 2.61 bits per heavy atom. The Labute approximate surface area is 167 Å². The van der Waals surface area contributed by atoms with Gasteiger partial charge in [0.05, 0.1) is 10.9 Å². The molecule has 9 heteroatoms. The van der Waals surface area contributed by atoms with E-state index in [2.05, 4.69) is 15.5 Å². The Kier molecular flexibility index (Phi) is 6.19. The van der Waals surface area contributed by atoms with Gasteiger partial charge in [0, 0.05) is 11.6 Å². The van der Waals surface area contributed by atoms with Crippen molar-refractivity contribution in [2.45, 2.75) is 37.2 Å². The molecule has 0 amide bonds. The first-order valence-corrected chi connectivity index (χ1v) is 11.1. The molecule has 3 N–H and O–H groups in total. The lowest BCUT2D eigenvalue weighted by Gasteiger charge is -2.21. The van der Waals surface area contributed by atoms with Crippen LogP contribution >= 0.6 is 11.3 Å². The fourth-order valence-corrected chi connectivity index (χ4v) is 4.33. The number of sulfonamides is 1. The smallest absolute Gasteiger partial charge is 0.238 e. The van der Waals surface area contributed by atoms with Crippen LogP contribution in [-0.4, -0.2) is 18.6 Å². The summed E-state index contributed by atoms with van der Waals surface area (Å²) >= 11 is 1.32. The second-order valence-corrected chi connectivity index (χ2v) is 8.96. The van der Waals surface area contributed by atoms with Gasteiger partial charge in [-0.15, -0.1) is 10.2 Å². The highest BCUT2D eigenvalue weighted by molar-refractivity contribution is 7.89. The van der Waals surface area contributed by atoms with E-state index in [1.165, 1.54) is 23.5 Å². The van der Waals surface area contributed by atoms with E-state index in [0.29, 0.717) is 10.6 Å². The van der Waals surface area contributed by atoms with Crippen LogP contribution in [0, 0.1) is 5.82 Å². The van der Waals surface area contributed by atoms with Crippen LogP contribution in [0.4, 0.5) is 4.39 Å². The molecule has 1 heterocycles. The average Bonchev–Trinajstić information content (AvgIpc) is 3.16. The van der Waals surface area contributed by atoms with Crippen LogP contribution in [0.5, 0.6) is 0 Å². The number of hydrogen-bond donors (Lipinski definition) is 2. The van der Waals surface area contributed by atoms with Crippen molar-refractivity contribution in [2.24, 2.45) is 5.14 Å². The van der Waals surface area contributed by atoms with E-state index in [4.69, 9.17) is 5.14 Å². The molecule has 0 aliphatic carbocycles. The minimum absolute atomic E-state index is 0.0793. The SMILES string of the molecule is CC[C@H](N[C@H](C)c1nnc(-c2ccccc2F)s1)c1cccc(S(N)(=O)=O)c1. The first kappa shape index (κ1) is 20.5. The van der Waals surface area contributed by atoms with Gasteiger partial charge in [-0.05, 0) is 43.2 Å². The minimum Gasteiger partial charge on any atom is -0.301 e. The zero-order valence-electron chi connectivity index (χ0n) is 15.5. The topological polar surface area (TPSA) is 98.0 Å². The Morgan fingerprint density at radius 2 is 1.93 bits per heavy atom. The van der Waals surface area contributed by atoms with Gasteiger partial charge in [-0.25, -0.2) is 17.9 Å². The molecule has 0 aliphatic rings. The number of benzene rings is 2. The van der Waals surface area contributed by atoms with Crippen LogP contribution in [0.3, 0.4) is 0 Å². The molecule has 0 bridgehead atoms. The van der Waals surface area contributed by atoms with Gasteiger partial charge in [0.25, 0.3) is 0 Å². The molecule has 2 atom stereocenters. The molecule has 148 valence electrons. The lowest BCUT2D eigenvalue weighted by molar-refractivity contribution is 0.453. The molecule has 0 saturated carbocycles. The van der Waals surface area contributed by atoms with Gasteiger partial charge in [0.2, 0.25) is 10.0 Å². The normalized spacial score (nSPS) is 14.0. The van der Waals surface area contributed by atoms with E-state index in [1.807, 2.05) is 19.9 Å². The molecule has 6 nitrogen and oxygen atoms in total. The quantitative estimate of drug-likeness (QED) is 0.606. The molecule has 0 radical (unpaired) electrons. The van der Waals surface area contributed by atoms with Gasteiger partial charge in [0.15, 0.2) is 5.01 Å². The predicted octanol–water partition coefficient (Wildman–Crippen LogP) is 3.79. The highest BCUT2D eigenvalue weighted by Crippen LogP contribution is 2.30. The zero-order valence-corrected chi connectivity index (χ0v) is 17.1. The van der Waals surface area contributed by atoms with E-state index in [1.54, 1.807) is 30.3 Å². The van der Waals surface area contributed by atoms with Crippen LogP contribution in [0.1, 0.15) is 42.9 Å². The van der Waals surface area contributed by atoms with Crippen molar-refractivity contribution in [3.05, 3.63) is 64.9 Å². The summed E-state index contributed by atoms with van der Waals surface area (Å²) < 4.78 is 37.2. The Hall–Kier alpha value is -2.20. The van der Waals surface area contributed by atoms with Crippen LogP contribution in [0.25, 0.3) is 10.6 Å². The maximum absolute atomic E-state index is 14.0. The third kappa shape index (κ3) is 4.61. The average molecular weight is 421 g/mol. The van der Waals surface area contributed by atoms with Crippen LogP contribution in [-0.2, 0) is 10.0 Å². The number of nitrogens with two attached hydrogens (primary N) is 1. The number of aromatic nitrogens is 2. The molecular weight excluding hydrogens is 399 g/mol. The first-order chi connectivity index (χ1) is 13.3. The van der Waals surface area contributed by atoms with Gasteiger partial charge in [0.1, 0.15) is 10.8 Å². The summed E-state index contributed by atoms with van der Waals surface area (Å²) in [5.74, 6) is -0.336. The molecule has 0 unspecified atom stereocenters. The third-order valence-electron chi connectivity index (χ3n) is 4.36. The van der Waals surface area contributed by atoms with Crippen LogP contribution < -0.4 is 10.5 Å². The number of halogens is 1. The molecule has 3 rings (SSSR count). The lowest BCUT2D eigenvalue weighted by atomic mass is 10.0. The Balaban J connectivity index is 1.80. The summed E-state index contributed by atoms with van der Waals surface area (Å²) in [6.45, 7) is 3.94. The van der Waals surface area contributed by atoms with Crippen molar-refractivity contribution >= 4 is 21.4 Å². The van der Waals surface area contributed by atoms with Gasteiger partial charge < -0.3 is 5.32 Å². The maximum Gasteiger partial charge on any atom is 0.238 e. The molecule has 2 aromatic carbocycles. The summed E-state index contributed by atoms with van der Waals surface area (Å²) in [5, 5.41) is 18.2. The zero-order chi connectivity index (χ0) is 20.3. The van der Waals surface area contributed by atoms with Gasteiger partial charge >= 0.3 is 0 Å². The summed E-state index contributed by atoms with van der Waals surface area (Å²) in [4.78, 5) is 0.0793. The van der Waals surface area contributed by atoms with E-state index in [9.17, 15) is 12.8 Å². The molecular formula is C19H21FN4O2S2. The molecule has 0 saturated heterocycles. The standard InChI is InChI=1S/C19H21FN4O2S2/c1-3-17(13-7-6-8-14(11-13)28(21,25)26)22-12(2)18-23-24-19(27-18)15-9-4-5-10-16(15)20/h4-12,17,22H,3H2,1-2H3,(H2,21,25,26)/t12-,17+/m1/s1. The lowest BCUT2D eigenvalue weighted by Crippen LogP contribution is -2.24. The molecule has 3 aromatic rings. The van der Waals surface area contributed by atoms with E-state index < -0.39 is 10.0 Å². The van der Waals surface area contributed by atoms with Crippen molar-refractivity contribution in [1.29, 1.82) is 0 Å². The Morgan fingerprint density at radius 1 is 1.18 bits per heavy atom. The number of rotatable bonds is 7. The highest BCUT2D eigenvalue weighted by atomic mass is 32.2. The largest absolute Gasteiger partial charge is 0.301 e. The van der Waals surface area contributed by atoms with Crippen molar-refractivity contribution in [3.63, 3.8) is 0 Å². The fourth-order valence-electron chi connectivity index (χ4n) is 2.88. The van der Waals surface area contributed by atoms with Crippen molar-refractivity contribution < 1.29 is 12.8 Å². The summed E-state index contributed by atoms with van der Waals surface area (Å²) in [7, 11) is -3.76. The van der Waals surface area contributed by atoms with Crippen LogP contribution in [0.15, 0.2) is 53.4 Å². The predicted molar refractivity (Wildman–Crippen MR) is 108 cm³/mol. The van der Waals surface area contributed by atoms with Crippen LogP contribution in [0.2, 0.25) is 0 Å². The van der Waals surface area contributed by atoms with Crippen molar-refractivity contribution in [2.75, 3.05) is 0 Å². The van der Waals surface area contributed by atoms with Crippen molar-refractivity contribution in [3.8, 4) is 10.6 Å². The third-order valence-corrected chi connectivity index (χ3v) is 6.41. The number of hydrogen-bond acceptors (Lipinski definition) is 6. The summed E-state index contributed by atoms with van der Waals surface area (Å²) in [6, 6.07) is 12.8. The molecule has 0 spiro atoms. The summed E-state index contributed by atoms with van der Waals surface area (Å²) in [5.41, 5.74) is 1.24. The molecule has 1 aromatic heterocycles. The van der Waals surface area contributed by atoms with Gasteiger partial charge in [-0.2, -0.15) is 0 Å². The van der Waals surface area contributed by atoms with Crippen molar-refractivity contribution in [1.82, 2.24) is 15.5 Å². The maximum atomic E-state index is 14.0. The first-order valence-electron chi connectivity index (χ1n) is 8.76. The number of nitrogens with zero attached hydrogens (tertiary/aromatic N) is 2. The summed E-state index contributed by atoms with van der Waals surface area (Å²) in [6.07, 6.45) is 0.734. The molecule has 28 heavy (non-hydrogen) atoms. The molecule has 0 fully saturated rings. The monoisotopic (exact) mass is 420 g/mol.